The molecule has 3 heterocycles. The van der Waals surface area contributed by atoms with Crippen LogP contribution in [0.3, 0.4) is 0 Å². The van der Waals surface area contributed by atoms with E-state index in [1.165, 1.54) is 4.90 Å². The number of fused-ring (bicyclic) bond motifs is 4. The number of hydrogen-bond acceptors (Lipinski definition) is 5. The summed E-state index contributed by atoms with van der Waals surface area (Å²) in [6.45, 7) is 2.30. The first-order valence-corrected chi connectivity index (χ1v) is 10.2. The van der Waals surface area contributed by atoms with Crippen LogP contribution in [0.15, 0.2) is 18.2 Å². The number of hydrogen-bond donors (Lipinski definition) is 3. The van der Waals surface area contributed by atoms with Crippen LogP contribution >= 0.6 is 11.6 Å². The number of anilines is 1. The zero-order valence-corrected chi connectivity index (χ0v) is 16.8. The number of rotatable bonds is 6. The third kappa shape index (κ3) is 2.85. The first-order chi connectivity index (χ1) is 13.8. The summed E-state index contributed by atoms with van der Waals surface area (Å²) >= 11 is 6.19. The minimum absolute atomic E-state index is 0.0530. The fourth-order valence-electron chi connectivity index (χ4n) is 4.92. The number of primary amides is 1. The number of nitrogens with zero attached hydrogens (tertiary/aromatic N) is 1. The van der Waals surface area contributed by atoms with Crippen LogP contribution in [0.1, 0.15) is 38.2 Å². The summed E-state index contributed by atoms with van der Waals surface area (Å²) in [5, 5.41) is 6.49. The van der Waals surface area contributed by atoms with E-state index in [2.05, 4.69) is 10.6 Å². The van der Waals surface area contributed by atoms with E-state index in [0.29, 0.717) is 29.2 Å². The minimum atomic E-state index is -1.39. The first-order valence-electron chi connectivity index (χ1n) is 9.84. The molecule has 2 saturated heterocycles. The van der Waals surface area contributed by atoms with Crippen LogP contribution in [0, 0.1) is 11.8 Å². The number of nitrogens with one attached hydrogen (secondary N) is 2. The number of likely N-dealkylation sites (tertiary alicyclic amines) is 1. The van der Waals surface area contributed by atoms with Crippen molar-refractivity contribution in [3.63, 3.8) is 0 Å². The topological polar surface area (TPSA) is 122 Å². The van der Waals surface area contributed by atoms with E-state index in [4.69, 9.17) is 17.3 Å². The number of benzene rings is 1. The molecule has 1 spiro atoms. The molecule has 0 aromatic heterocycles. The monoisotopic (exact) mass is 418 g/mol. The normalized spacial score (nSPS) is 30.1. The predicted molar refractivity (Wildman–Crippen MR) is 106 cm³/mol. The van der Waals surface area contributed by atoms with Crippen LogP contribution in [-0.2, 0) is 24.7 Å². The molecular weight excluding hydrogens is 396 g/mol. The van der Waals surface area contributed by atoms with E-state index in [1.54, 1.807) is 18.2 Å². The maximum absolute atomic E-state index is 13.3. The molecule has 9 heteroatoms. The van der Waals surface area contributed by atoms with Gasteiger partial charge in [0.25, 0.3) is 0 Å². The van der Waals surface area contributed by atoms with Crippen LogP contribution in [0.5, 0.6) is 0 Å². The lowest BCUT2D eigenvalue weighted by Gasteiger charge is -2.29. The summed E-state index contributed by atoms with van der Waals surface area (Å²) in [5.41, 5.74) is 5.04. The molecule has 1 aromatic carbocycles. The van der Waals surface area contributed by atoms with E-state index < -0.39 is 29.3 Å². The van der Waals surface area contributed by atoms with Crippen LogP contribution < -0.4 is 16.4 Å². The predicted octanol–water partition coefficient (Wildman–Crippen LogP) is 1.13. The third-order valence-corrected chi connectivity index (χ3v) is 6.44. The lowest BCUT2D eigenvalue weighted by atomic mass is 9.76. The first kappa shape index (κ1) is 19.8. The Hall–Kier alpha value is -2.45. The van der Waals surface area contributed by atoms with E-state index in [9.17, 15) is 19.2 Å². The van der Waals surface area contributed by atoms with E-state index in [1.807, 2.05) is 6.92 Å². The number of halogens is 1. The molecule has 0 saturated carbocycles. The van der Waals surface area contributed by atoms with Gasteiger partial charge < -0.3 is 11.1 Å². The molecule has 4 rings (SSSR count). The van der Waals surface area contributed by atoms with Crippen molar-refractivity contribution in [2.24, 2.45) is 17.6 Å². The second-order valence-electron chi connectivity index (χ2n) is 7.89. The standard InChI is InChI=1S/C20H23ClN4O4/c1-2-3-8-25-17(27)15-13(6-7-14(22)26)24-20(16(15)18(25)28)11-9-10(21)4-5-12(11)23-19(20)29/h4-5,9,13,15-16,24H,2-3,6-8H2,1H3,(H2,22,26)(H,23,29)/t13-,15-,16+,20+/m1/s1. The van der Waals surface area contributed by atoms with Crippen molar-refractivity contribution in [2.45, 2.75) is 44.2 Å². The average Bonchev–Trinajstić information content (AvgIpc) is 3.24. The van der Waals surface area contributed by atoms with Gasteiger partial charge in [-0.25, -0.2) is 0 Å². The van der Waals surface area contributed by atoms with Crippen LogP contribution in [-0.4, -0.2) is 41.1 Å². The molecule has 3 aliphatic heterocycles. The molecule has 2 fully saturated rings. The van der Waals surface area contributed by atoms with Crippen molar-refractivity contribution in [1.29, 1.82) is 0 Å². The van der Waals surface area contributed by atoms with Crippen molar-refractivity contribution >= 4 is 40.9 Å². The Morgan fingerprint density at radius 3 is 2.72 bits per heavy atom. The lowest BCUT2D eigenvalue weighted by molar-refractivity contribution is -0.143. The second kappa shape index (κ2) is 7.11. The number of imide groups is 1. The molecule has 0 aliphatic carbocycles. The summed E-state index contributed by atoms with van der Waals surface area (Å²) in [6.07, 6.45) is 1.84. The van der Waals surface area contributed by atoms with E-state index in [-0.39, 0.29) is 30.6 Å². The van der Waals surface area contributed by atoms with Gasteiger partial charge in [0.15, 0.2) is 0 Å². The second-order valence-corrected chi connectivity index (χ2v) is 8.33. The Morgan fingerprint density at radius 1 is 1.28 bits per heavy atom. The number of amides is 4. The van der Waals surface area contributed by atoms with Crippen LogP contribution in [0.25, 0.3) is 0 Å². The van der Waals surface area contributed by atoms with Gasteiger partial charge in [-0.1, -0.05) is 24.9 Å². The van der Waals surface area contributed by atoms with Gasteiger partial charge in [0.2, 0.25) is 23.6 Å². The number of carbonyl (C=O) groups excluding carboxylic acids is 4. The zero-order valence-electron chi connectivity index (χ0n) is 16.0. The highest BCUT2D eigenvalue weighted by Gasteiger charge is 2.70. The molecule has 1 aromatic rings. The molecule has 0 unspecified atom stereocenters. The van der Waals surface area contributed by atoms with Gasteiger partial charge in [0, 0.05) is 35.3 Å². The number of unbranched alkanes of at least 4 members (excludes halogenated alkanes) is 1. The fourth-order valence-corrected chi connectivity index (χ4v) is 5.09. The summed E-state index contributed by atoms with van der Waals surface area (Å²) in [5.74, 6) is -3.15. The van der Waals surface area contributed by atoms with Crippen molar-refractivity contribution in [3.8, 4) is 0 Å². The highest BCUT2D eigenvalue weighted by molar-refractivity contribution is 6.31. The molecule has 154 valence electrons. The van der Waals surface area contributed by atoms with Crippen molar-refractivity contribution in [2.75, 3.05) is 11.9 Å². The lowest BCUT2D eigenvalue weighted by Crippen LogP contribution is -2.53. The Kier molecular flexibility index (Phi) is 4.86. The highest BCUT2D eigenvalue weighted by Crippen LogP contribution is 2.53. The Morgan fingerprint density at radius 2 is 2.03 bits per heavy atom. The van der Waals surface area contributed by atoms with Gasteiger partial charge in [-0.15, -0.1) is 0 Å². The fraction of sp³-hybridized carbons (Fsp3) is 0.500. The third-order valence-electron chi connectivity index (χ3n) is 6.21. The van der Waals surface area contributed by atoms with Crippen molar-refractivity contribution in [1.82, 2.24) is 10.2 Å². The molecule has 8 nitrogen and oxygen atoms in total. The summed E-state index contributed by atoms with van der Waals surface area (Å²) in [7, 11) is 0. The molecular formula is C20H23ClN4O4. The summed E-state index contributed by atoms with van der Waals surface area (Å²) in [4.78, 5) is 52.3. The van der Waals surface area contributed by atoms with Crippen molar-refractivity contribution in [3.05, 3.63) is 28.8 Å². The molecule has 4 atom stereocenters. The quantitative estimate of drug-likeness (QED) is 0.598. The van der Waals surface area contributed by atoms with Gasteiger partial charge in [-0.05, 0) is 31.0 Å². The molecule has 0 bridgehead atoms. The van der Waals surface area contributed by atoms with Gasteiger partial charge in [-0.3, -0.25) is 29.4 Å². The number of carbonyl (C=O) groups is 4. The van der Waals surface area contributed by atoms with Gasteiger partial charge >= 0.3 is 0 Å². The number of nitrogens with two attached hydrogens (primary N) is 1. The van der Waals surface area contributed by atoms with Crippen molar-refractivity contribution < 1.29 is 19.2 Å². The molecule has 4 N–H and O–H groups in total. The molecule has 29 heavy (non-hydrogen) atoms. The largest absolute Gasteiger partial charge is 0.370 e. The molecule has 4 amide bonds. The Labute approximate surface area is 173 Å². The molecule has 0 radical (unpaired) electrons. The summed E-state index contributed by atoms with van der Waals surface area (Å²) < 4.78 is 0. The SMILES string of the molecule is CCCCN1C(=O)[C@H]2[C@@H](C1=O)[C@]1(N[C@@H]2CCC(N)=O)C(=O)Nc2ccc(Cl)cc21. The Bertz CT molecular complexity index is 920. The van der Waals surface area contributed by atoms with Crippen LogP contribution in [0.4, 0.5) is 5.69 Å². The van der Waals surface area contributed by atoms with Gasteiger partial charge in [-0.2, -0.15) is 0 Å². The highest BCUT2D eigenvalue weighted by atomic mass is 35.5. The average molecular weight is 419 g/mol. The smallest absolute Gasteiger partial charge is 0.250 e. The Balaban J connectivity index is 1.81. The van der Waals surface area contributed by atoms with E-state index >= 15 is 0 Å². The van der Waals surface area contributed by atoms with E-state index in [0.717, 1.165) is 6.42 Å². The molecule has 3 aliphatic rings. The minimum Gasteiger partial charge on any atom is -0.370 e. The van der Waals surface area contributed by atoms with Gasteiger partial charge in [0.05, 0.1) is 11.8 Å². The zero-order chi connectivity index (χ0) is 20.9. The van der Waals surface area contributed by atoms with Gasteiger partial charge in [0.1, 0.15) is 5.54 Å². The maximum Gasteiger partial charge on any atom is 0.250 e. The summed E-state index contributed by atoms with van der Waals surface area (Å²) in [6, 6.07) is 4.48. The maximum atomic E-state index is 13.3. The van der Waals surface area contributed by atoms with Crippen LogP contribution in [0.2, 0.25) is 5.02 Å².